The second kappa shape index (κ2) is 8.94. The van der Waals surface area contributed by atoms with Crippen molar-refractivity contribution in [2.24, 2.45) is 0 Å². The molecule has 0 spiro atoms. The van der Waals surface area contributed by atoms with Crippen LogP contribution in [0.5, 0.6) is 0 Å². The molecule has 0 aromatic heterocycles. The molecule has 0 radical (unpaired) electrons. The molecule has 0 heterocycles. The van der Waals surface area contributed by atoms with Crippen molar-refractivity contribution < 1.29 is 19.4 Å². The van der Waals surface area contributed by atoms with Crippen molar-refractivity contribution in [2.75, 3.05) is 12.4 Å². The molecule has 136 valence electrons. The fourth-order valence-corrected chi connectivity index (χ4v) is 2.02. The highest BCUT2D eigenvalue weighted by Gasteiger charge is 2.26. The Bertz CT molecular complexity index is 553. The van der Waals surface area contributed by atoms with Gasteiger partial charge in [-0.3, -0.25) is 15.0 Å². The number of hydrogen-bond donors (Lipinski definition) is 2. The minimum Gasteiger partial charge on any atom is -0.480 e. The van der Waals surface area contributed by atoms with E-state index in [2.05, 4.69) is 5.32 Å². The van der Waals surface area contributed by atoms with Crippen LogP contribution in [0.1, 0.15) is 46.2 Å². The third-order valence-corrected chi connectivity index (χ3v) is 3.33. The molecule has 1 aromatic carbocycles. The smallest absolute Gasteiger partial charge is 0.412 e. The van der Waals surface area contributed by atoms with Gasteiger partial charge in [-0.2, -0.15) is 13.5 Å². The van der Waals surface area contributed by atoms with Crippen LogP contribution in [0.15, 0.2) is 24.3 Å². The topological polar surface area (TPSA) is 78.9 Å². The highest BCUT2D eigenvalue weighted by Crippen LogP contribution is 2.23. The zero-order chi connectivity index (χ0) is 17.8. The summed E-state index contributed by atoms with van der Waals surface area (Å²) in [6, 6.07) is 6.10. The molecular formula is C17H28N2O4S. The maximum Gasteiger partial charge on any atom is 0.412 e. The Morgan fingerprint density at radius 3 is 2.04 bits per heavy atom. The third-order valence-electron chi connectivity index (χ3n) is 3.33. The number of nitrogens with zero attached hydrogens (tertiary/aromatic N) is 1. The standard InChI is InChI=1S/C17H26N2O4.H2S/c1-11(2)19(6)14(15(20)21)12-7-9-13(10-8-12)18-16(22)23-17(3,4)5;/h7-11,14H,1-6H3,(H,18,22)(H,20,21);1H2. The summed E-state index contributed by atoms with van der Waals surface area (Å²) >= 11 is 0. The summed E-state index contributed by atoms with van der Waals surface area (Å²) in [5.41, 5.74) is 0.640. The normalized spacial score (nSPS) is 12.5. The van der Waals surface area contributed by atoms with E-state index >= 15 is 0 Å². The SMILES string of the molecule is CC(C)N(C)C(C(=O)O)c1ccc(NC(=O)OC(C)(C)C)cc1.S. The Morgan fingerprint density at radius 1 is 1.17 bits per heavy atom. The Labute approximate surface area is 150 Å². The lowest BCUT2D eigenvalue weighted by Crippen LogP contribution is -2.35. The summed E-state index contributed by atoms with van der Waals surface area (Å²) in [6.45, 7) is 9.24. The summed E-state index contributed by atoms with van der Waals surface area (Å²) in [6.07, 6.45) is -0.542. The third kappa shape index (κ3) is 6.80. The summed E-state index contributed by atoms with van der Waals surface area (Å²) < 4.78 is 5.17. The number of hydrogen-bond acceptors (Lipinski definition) is 4. The van der Waals surface area contributed by atoms with Crippen LogP contribution in [0.3, 0.4) is 0 Å². The monoisotopic (exact) mass is 356 g/mol. The van der Waals surface area contributed by atoms with Crippen LogP contribution in [0.25, 0.3) is 0 Å². The van der Waals surface area contributed by atoms with Crippen molar-refractivity contribution in [1.29, 1.82) is 0 Å². The van der Waals surface area contributed by atoms with Crippen molar-refractivity contribution in [3.05, 3.63) is 29.8 Å². The number of nitrogens with one attached hydrogen (secondary N) is 1. The molecule has 6 nitrogen and oxygen atoms in total. The number of rotatable bonds is 5. The zero-order valence-electron chi connectivity index (χ0n) is 15.1. The number of likely N-dealkylation sites (N-methyl/N-ethyl adjacent to an activating group) is 1. The Morgan fingerprint density at radius 2 is 1.67 bits per heavy atom. The summed E-state index contributed by atoms with van der Waals surface area (Å²) in [7, 11) is 1.77. The largest absolute Gasteiger partial charge is 0.480 e. The van der Waals surface area contributed by atoms with Crippen LogP contribution < -0.4 is 5.32 Å². The van der Waals surface area contributed by atoms with Crippen molar-refractivity contribution in [1.82, 2.24) is 4.90 Å². The lowest BCUT2D eigenvalue weighted by atomic mass is 10.0. The van der Waals surface area contributed by atoms with Gasteiger partial charge in [-0.1, -0.05) is 12.1 Å². The van der Waals surface area contributed by atoms with Gasteiger partial charge in [-0.15, -0.1) is 0 Å². The molecule has 0 aliphatic heterocycles. The zero-order valence-corrected chi connectivity index (χ0v) is 16.1. The second-order valence-electron chi connectivity index (χ2n) is 6.75. The molecular weight excluding hydrogens is 328 g/mol. The lowest BCUT2D eigenvalue weighted by molar-refractivity contribution is -0.143. The van der Waals surface area contributed by atoms with Gasteiger partial charge in [0.15, 0.2) is 0 Å². The van der Waals surface area contributed by atoms with Crippen molar-refractivity contribution in [3.63, 3.8) is 0 Å². The molecule has 1 rings (SSSR count). The van der Waals surface area contributed by atoms with E-state index in [9.17, 15) is 14.7 Å². The molecule has 1 atom stereocenters. The number of carbonyl (C=O) groups is 2. The first-order valence-electron chi connectivity index (χ1n) is 7.56. The number of benzene rings is 1. The molecule has 0 aliphatic carbocycles. The predicted octanol–water partition coefficient (Wildman–Crippen LogP) is 3.61. The first kappa shape index (κ1) is 22.3. The van der Waals surface area contributed by atoms with E-state index in [4.69, 9.17) is 4.74 Å². The number of carboxylic acid groups (broad SMARTS) is 1. The van der Waals surface area contributed by atoms with Gasteiger partial charge < -0.3 is 9.84 Å². The molecule has 1 aromatic rings. The van der Waals surface area contributed by atoms with Crippen LogP contribution in [-0.2, 0) is 9.53 Å². The van der Waals surface area contributed by atoms with Gasteiger partial charge in [0.05, 0.1) is 0 Å². The molecule has 0 saturated heterocycles. The van der Waals surface area contributed by atoms with E-state index < -0.39 is 23.7 Å². The van der Waals surface area contributed by atoms with Gasteiger partial charge in [-0.25, -0.2) is 4.79 Å². The molecule has 7 heteroatoms. The molecule has 0 saturated carbocycles. The fourth-order valence-electron chi connectivity index (χ4n) is 2.02. The molecule has 0 fully saturated rings. The van der Waals surface area contributed by atoms with Crippen LogP contribution in [0.2, 0.25) is 0 Å². The Kier molecular flexibility index (Phi) is 8.29. The number of anilines is 1. The molecule has 24 heavy (non-hydrogen) atoms. The number of ether oxygens (including phenoxy) is 1. The van der Waals surface area contributed by atoms with E-state index in [1.54, 1.807) is 57.0 Å². The average Bonchev–Trinajstić information content (AvgIpc) is 2.38. The van der Waals surface area contributed by atoms with Gasteiger partial charge in [0.25, 0.3) is 0 Å². The van der Waals surface area contributed by atoms with Crippen molar-refractivity contribution in [3.8, 4) is 0 Å². The molecule has 0 aliphatic rings. The van der Waals surface area contributed by atoms with E-state index in [0.29, 0.717) is 11.3 Å². The molecule has 0 bridgehead atoms. The van der Waals surface area contributed by atoms with Gasteiger partial charge in [-0.05, 0) is 59.4 Å². The van der Waals surface area contributed by atoms with E-state index in [1.165, 1.54) is 0 Å². The fraction of sp³-hybridized carbons (Fsp3) is 0.529. The van der Waals surface area contributed by atoms with Gasteiger partial charge in [0.1, 0.15) is 11.6 Å². The molecule has 1 unspecified atom stereocenters. The highest BCUT2D eigenvalue weighted by molar-refractivity contribution is 7.59. The maximum atomic E-state index is 11.7. The van der Waals surface area contributed by atoms with Crippen LogP contribution in [0.4, 0.5) is 10.5 Å². The van der Waals surface area contributed by atoms with Gasteiger partial charge in [0.2, 0.25) is 0 Å². The summed E-state index contributed by atoms with van der Waals surface area (Å²) in [5, 5.41) is 12.1. The average molecular weight is 356 g/mol. The van der Waals surface area contributed by atoms with E-state index in [1.807, 2.05) is 13.8 Å². The van der Waals surface area contributed by atoms with Crippen molar-refractivity contribution >= 4 is 31.2 Å². The number of carbonyl (C=O) groups excluding carboxylic acids is 1. The van der Waals surface area contributed by atoms with Crippen LogP contribution in [0, 0.1) is 0 Å². The van der Waals surface area contributed by atoms with Gasteiger partial charge >= 0.3 is 12.1 Å². The number of carboxylic acids is 1. The lowest BCUT2D eigenvalue weighted by Gasteiger charge is -2.28. The molecule has 1 amide bonds. The Balaban J connectivity index is 0.00000529. The van der Waals surface area contributed by atoms with Gasteiger partial charge in [0, 0.05) is 11.7 Å². The number of amides is 1. The minimum absolute atomic E-state index is 0. The first-order valence-corrected chi connectivity index (χ1v) is 7.56. The van der Waals surface area contributed by atoms with Crippen molar-refractivity contribution in [2.45, 2.75) is 52.3 Å². The quantitative estimate of drug-likeness (QED) is 0.842. The van der Waals surface area contributed by atoms with E-state index in [0.717, 1.165) is 0 Å². The van der Waals surface area contributed by atoms with Crippen LogP contribution in [-0.4, -0.2) is 40.8 Å². The highest BCUT2D eigenvalue weighted by atomic mass is 32.1. The predicted molar refractivity (Wildman–Crippen MR) is 100.0 cm³/mol. The van der Waals surface area contributed by atoms with Crippen LogP contribution >= 0.6 is 13.5 Å². The van der Waals surface area contributed by atoms with E-state index in [-0.39, 0.29) is 19.5 Å². The minimum atomic E-state index is -0.908. The number of aliphatic carboxylic acids is 1. The Hall–Kier alpha value is -1.73. The second-order valence-corrected chi connectivity index (χ2v) is 6.75. The summed E-state index contributed by atoms with van der Waals surface area (Å²) in [5.74, 6) is -0.908. The first-order chi connectivity index (χ1) is 10.5. The maximum absolute atomic E-state index is 11.7. The summed E-state index contributed by atoms with van der Waals surface area (Å²) in [4.78, 5) is 25.0. The molecule has 2 N–H and O–H groups in total.